The Kier molecular flexibility index (Phi) is 3.90. The van der Waals surface area contributed by atoms with Crippen LogP contribution in [0.5, 0.6) is 0 Å². The number of aromatic amines is 1. The highest BCUT2D eigenvalue weighted by Crippen LogP contribution is 2.43. The molecule has 6 heteroatoms. The maximum atomic E-state index is 14.0. The van der Waals surface area contributed by atoms with Gasteiger partial charge in [0.25, 0.3) is 5.56 Å². The Labute approximate surface area is 173 Å². The molecule has 0 radical (unpaired) electrons. The Bertz CT molecular complexity index is 1380. The first-order valence-electron chi connectivity index (χ1n) is 9.86. The van der Waals surface area contributed by atoms with Crippen LogP contribution in [0.4, 0.5) is 0 Å². The number of benzene rings is 2. The molecule has 1 aliphatic rings. The molecular weight excluding hydrogens is 380 g/mol. The molecule has 4 aromatic rings. The predicted octanol–water partition coefficient (Wildman–Crippen LogP) is 4.74. The second-order valence-corrected chi connectivity index (χ2v) is 8.50. The first kappa shape index (κ1) is 18.1. The van der Waals surface area contributed by atoms with Crippen molar-refractivity contribution >= 4 is 18.0 Å². The maximum absolute atomic E-state index is 14.0. The quantitative estimate of drug-likeness (QED) is 0.493. The third-order valence-electron chi connectivity index (χ3n) is 6.26. The second kappa shape index (κ2) is 6.26. The molecule has 5 rings (SSSR count). The fourth-order valence-electron chi connectivity index (χ4n) is 4.50. The zero-order valence-corrected chi connectivity index (χ0v) is 17.5. The van der Waals surface area contributed by atoms with Gasteiger partial charge in [-0.3, -0.25) is 9.20 Å². The summed E-state index contributed by atoms with van der Waals surface area (Å²) in [5, 5.41) is 7.35. The van der Waals surface area contributed by atoms with Gasteiger partial charge in [0.15, 0.2) is 0 Å². The number of nitrogens with zero attached hydrogens (tertiary/aromatic N) is 3. The minimum atomic E-state index is -0.284. The lowest BCUT2D eigenvalue weighted by Crippen LogP contribution is -2.39. The average Bonchev–Trinajstić information content (AvgIpc) is 3.10. The third kappa shape index (κ3) is 2.48. The van der Waals surface area contributed by atoms with Gasteiger partial charge >= 0.3 is 0 Å². The number of rotatable bonds is 2. The Morgan fingerprint density at radius 3 is 2.62 bits per heavy atom. The van der Waals surface area contributed by atoms with Crippen molar-refractivity contribution in [1.82, 2.24) is 19.2 Å². The normalized spacial score (nSPS) is 17.9. The van der Waals surface area contributed by atoms with Crippen molar-refractivity contribution in [1.29, 1.82) is 0 Å². The molecule has 0 unspecified atom stereocenters. The van der Waals surface area contributed by atoms with Crippen LogP contribution < -0.4 is 5.56 Å². The van der Waals surface area contributed by atoms with E-state index in [4.69, 9.17) is 12.2 Å². The molecule has 0 bridgehead atoms. The number of aromatic nitrogens is 4. The third-order valence-corrected chi connectivity index (χ3v) is 6.54. The van der Waals surface area contributed by atoms with Gasteiger partial charge in [-0.15, -0.1) is 5.10 Å². The molecule has 1 aliphatic carbocycles. The van der Waals surface area contributed by atoms with Crippen LogP contribution in [0.25, 0.3) is 22.7 Å². The van der Waals surface area contributed by atoms with E-state index in [1.165, 1.54) is 5.56 Å². The molecule has 0 saturated heterocycles. The summed E-state index contributed by atoms with van der Waals surface area (Å²) in [6, 6.07) is 16.2. The fourth-order valence-corrected chi connectivity index (χ4v) is 4.72. The average molecular weight is 403 g/mol. The highest BCUT2D eigenvalue weighted by atomic mass is 32.1. The Balaban J connectivity index is 2.02. The first-order valence-corrected chi connectivity index (χ1v) is 10.3. The molecule has 2 heterocycles. The monoisotopic (exact) mass is 402 g/mol. The Hall–Kier alpha value is -2.99. The van der Waals surface area contributed by atoms with Crippen LogP contribution in [0, 0.1) is 11.7 Å². The molecular formula is C23H22N4OS. The number of aryl methyl sites for hydroxylation is 1. The van der Waals surface area contributed by atoms with E-state index >= 15 is 0 Å². The molecule has 2 aromatic heterocycles. The highest BCUT2D eigenvalue weighted by molar-refractivity contribution is 7.71. The van der Waals surface area contributed by atoms with Gasteiger partial charge in [-0.1, -0.05) is 55.8 Å². The van der Waals surface area contributed by atoms with Gasteiger partial charge in [-0.05, 0) is 49.7 Å². The van der Waals surface area contributed by atoms with Gasteiger partial charge < -0.3 is 0 Å². The van der Waals surface area contributed by atoms with E-state index in [9.17, 15) is 4.79 Å². The number of H-pyrrole nitrogens is 1. The van der Waals surface area contributed by atoms with E-state index in [0.29, 0.717) is 10.5 Å². The minimum Gasteiger partial charge on any atom is -0.268 e. The van der Waals surface area contributed by atoms with Crippen LogP contribution in [-0.4, -0.2) is 19.2 Å². The van der Waals surface area contributed by atoms with E-state index < -0.39 is 0 Å². The molecule has 146 valence electrons. The molecule has 0 fully saturated rings. The van der Waals surface area contributed by atoms with E-state index in [0.717, 1.165) is 40.9 Å². The van der Waals surface area contributed by atoms with Crippen molar-refractivity contribution in [2.75, 3.05) is 0 Å². The summed E-state index contributed by atoms with van der Waals surface area (Å²) in [6.45, 7) is 6.36. The van der Waals surface area contributed by atoms with Gasteiger partial charge in [0, 0.05) is 16.5 Å². The maximum Gasteiger partial charge on any atom is 0.263 e. The molecule has 0 saturated carbocycles. The van der Waals surface area contributed by atoms with Gasteiger partial charge in [0.1, 0.15) is 0 Å². The molecule has 2 aromatic carbocycles. The second-order valence-electron chi connectivity index (χ2n) is 8.11. The summed E-state index contributed by atoms with van der Waals surface area (Å²) in [4.78, 5) is 14.0. The van der Waals surface area contributed by atoms with Crippen LogP contribution >= 0.6 is 12.2 Å². The number of nitrogens with one attached hydrogen (secondary N) is 1. The lowest BCUT2D eigenvalue weighted by molar-refractivity contribution is 0.438. The topological polar surface area (TPSA) is 55.1 Å². The Morgan fingerprint density at radius 1 is 1.17 bits per heavy atom. The first-order chi connectivity index (χ1) is 13.9. The van der Waals surface area contributed by atoms with Crippen LogP contribution in [0.1, 0.15) is 37.0 Å². The molecule has 0 aliphatic heterocycles. The Morgan fingerprint density at radius 2 is 1.90 bits per heavy atom. The van der Waals surface area contributed by atoms with Crippen molar-refractivity contribution in [3.05, 3.63) is 80.3 Å². The zero-order chi connectivity index (χ0) is 20.3. The molecule has 1 atom stereocenters. The van der Waals surface area contributed by atoms with Crippen LogP contribution in [0.2, 0.25) is 0 Å². The number of fused-ring (bicyclic) bond motifs is 5. The van der Waals surface area contributed by atoms with Crippen molar-refractivity contribution in [3.8, 4) is 16.9 Å². The van der Waals surface area contributed by atoms with Crippen molar-refractivity contribution < 1.29 is 0 Å². The van der Waals surface area contributed by atoms with Crippen LogP contribution in [0.15, 0.2) is 53.3 Å². The lowest BCUT2D eigenvalue weighted by Gasteiger charge is -2.36. The zero-order valence-electron chi connectivity index (χ0n) is 16.7. The highest BCUT2D eigenvalue weighted by Gasteiger charge is 2.39. The number of hydrogen-bond donors (Lipinski definition) is 1. The standard InChI is InChI=1S/C23H22N4OS/c1-4-23(3)13-15-7-5-6-8-17(15)19-18(23)20(28)26(16-11-9-14(2)10-12-16)21-24-25-22(29)27(19)21/h5-12H,4,13H2,1-3H3,(H,25,29)/t23-/m0/s1. The molecule has 1 N–H and O–H groups in total. The van der Waals surface area contributed by atoms with Gasteiger partial charge in [-0.2, -0.15) is 0 Å². The van der Waals surface area contributed by atoms with Crippen molar-refractivity contribution in [3.63, 3.8) is 0 Å². The van der Waals surface area contributed by atoms with E-state index in [1.807, 2.05) is 41.7 Å². The largest absolute Gasteiger partial charge is 0.268 e. The van der Waals surface area contributed by atoms with Crippen LogP contribution in [-0.2, 0) is 11.8 Å². The van der Waals surface area contributed by atoms with Gasteiger partial charge in [-0.25, -0.2) is 9.67 Å². The summed E-state index contributed by atoms with van der Waals surface area (Å²) < 4.78 is 4.11. The minimum absolute atomic E-state index is 0.0239. The molecule has 29 heavy (non-hydrogen) atoms. The molecule has 0 spiro atoms. The van der Waals surface area contributed by atoms with Gasteiger partial charge in [0.05, 0.1) is 11.4 Å². The van der Waals surface area contributed by atoms with E-state index in [1.54, 1.807) is 4.57 Å². The SMILES string of the molecule is CC[C@@]1(C)Cc2ccccc2-c2c1c(=O)n(-c1ccc(C)cc1)c1n[nH]c(=S)n21. The molecule has 0 amide bonds. The van der Waals surface area contributed by atoms with Crippen molar-refractivity contribution in [2.24, 2.45) is 0 Å². The lowest BCUT2D eigenvalue weighted by atomic mass is 9.69. The number of hydrogen-bond acceptors (Lipinski definition) is 3. The predicted molar refractivity (Wildman–Crippen MR) is 117 cm³/mol. The van der Waals surface area contributed by atoms with Crippen LogP contribution in [0.3, 0.4) is 0 Å². The fraction of sp³-hybridized carbons (Fsp3) is 0.261. The summed E-state index contributed by atoms with van der Waals surface area (Å²) in [5.74, 6) is 0.512. The van der Waals surface area contributed by atoms with E-state index in [2.05, 4.69) is 42.2 Å². The summed E-state index contributed by atoms with van der Waals surface area (Å²) in [5.41, 5.74) is 5.60. The smallest absolute Gasteiger partial charge is 0.263 e. The molecule has 5 nitrogen and oxygen atoms in total. The van der Waals surface area contributed by atoms with Gasteiger partial charge in [0.2, 0.25) is 10.5 Å². The summed E-state index contributed by atoms with van der Waals surface area (Å²) in [7, 11) is 0. The summed E-state index contributed by atoms with van der Waals surface area (Å²) in [6.07, 6.45) is 1.68. The summed E-state index contributed by atoms with van der Waals surface area (Å²) >= 11 is 5.62. The van der Waals surface area contributed by atoms with E-state index in [-0.39, 0.29) is 11.0 Å². The van der Waals surface area contributed by atoms with Crippen molar-refractivity contribution in [2.45, 2.75) is 39.0 Å².